The van der Waals surface area contributed by atoms with Crippen LogP contribution in [0.15, 0.2) is 24.3 Å². The van der Waals surface area contributed by atoms with Crippen LogP contribution < -0.4 is 5.32 Å². The Hall–Kier alpha value is -2.06. The van der Waals surface area contributed by atoms with E-state index in [1.54, 1.807) is 23.3 Å². The van der Waals surface area contributed by atoms with Crippen molar-refractivity contribution in [3.63, 3.8) is 0 Å². The number of amides is 2. The maximum absolute atomic E-state index is 12.3. The van der Waals surface area contributed by atoms with Gasteiger partial charge in [0, 0.05) is 13.5 Å². The molecular formula is C17H21N5OS2. The number of anilines is 1. The SMILES string of the molecule is CCCCCc1nnc(NC(=O)N(C)Cc2nc3ccccc3s2)s1. The summed E-state index contributed by atoms with van der Waals surface area (Å²) in [6, 6.07) is 7.79. The van der Waals surface area contributed by atoms with Crippen LogP contribution in [0.1, 0.15) is 36.2 Å². The lowest BCUT2D eigenvalue weighted by molar-refractivity contribution is 0.220. The Balaban J connectivity index is 1.55. The molecule has 0 aliphatic carbocycles. The van der Waals surface area contributed by atoms with Crippen molar-refractivity contribution in [1.29, 1.82) is 0 Å². The maximum atomic E-state index is 12.3. The molecule has 0 saturated carbocycles. The highest BCUT2D eigenvalue weighted by molar-refractivity contribution is 7.18. The topological polar surface area (TPSA) is 71.0 Å². The van der Waals surface area contributed by atoms with Crippen molar-refractivity contribution in [2.24, 2.45) is 0 Å². The predicted octanol–water partition coefficient (Wildman–Crippen LogP) is 4.54. The molecule has 1 aromatic carbocycles. The maximum Gasteiger partial charge on any atom is 0.323 e. The summed E-state index contributed by atoms with van der Waals surface area (Å²) in [6.07, 6.45) is 4.39. The lowest BCUT2D eigenvalue weighted by atomic mass is 10.2. The first-order valence-corrected chi connectivity index (χ1v) is 9.98. The van der Waals surface area contributed by atoms with Gasteiger partial charge in [-0.2, -0.15) is 0 Å². The van der Waals surface area contributed by atoms with Crippen LogP contribution in [0.3, 0.4) is 0 Å². The summed E-state index contributed by atoms with van der Waals surface area (Å²) in [6.45, 7) is 2.64. The average molecular weight is 376 g/mol. The zero-order chi connectivity index (χ0) is 17.6. The van der Waals surface area contributed by atoms with Gasteiger partial charge in [0.2, 0.25) is 5.13 Å². The standard InChI is InChI=1S/C17H21N5OS2/c1-3-4-5-10-14-20-21-16(25-14)19-17(23)22(2)11-15-18-12-8-6-7-9-13(12)24-15/h6-9H,3-5,10-11H2,1-2H3,(H,19,21,23). The van der Waals surface area contributed by atoms with E-state index in [1.165, 1.54) is 24.2 Å². The molecule has 0 bridgehead atoms. The summed E-state index contributed by atoms with van der Waals surface area (Å²) in [5.41, 5.74) is 0.970. The predicted molar refractivity (Wildman–Crippen MR) is 103 cm³/mol. The Morgan fingerprint density at radius 1 is 1.16 bits per heavy atom. The van der Waals surface area contributed by atoms with Crippen molar-refractivity contribution in [2.45, 2.75) is 39.2 Å². The van der Waals surface area contributed by atoms with Crippen LogP contribution in [-0.2, 0) is 13.0 Å². The molecule has 2 heterocycles. The molecule has 132 valence electrons. The third-order valence-corrected chi connectivity index (χ3v) is 5.65. The summed E-state index contributed by atoms with van der Waals surface area (Å²) >= 11 is 3.05. The number of para-hydroxylation sites is 1. The largest absolute Gasteiger partial charge is 0.323 e. The summed E-state index contributed by atoms with van der Waals surface area (Å²) in [7, 11) is 1.75. The number of urea groups is 1. The van der Waals surface area contributed by atoms with Gasteiger partial charge in [-0.05, 0) is 18.6 Å². The Morgan fingerprint density at radius 3 is 2.80 bits per heavy atom. The molecule has 8 heteroatoms. The summed E-state index contributed by atoms with van der Waals surface area (Å²) < 4.78 is 1.13. The zero-order valence-electron chi connectivity index (χ0n) is 14.4. The van der Waals surface area contributed by atoms with Crippen molar-refractivity contribution < 1.29 is 4.79 Å². The number of carbonyl (C=O) groups excluding carboxylic acids is 1. The lowest BCUT2D eigenvalue weighted by Gasteiger charge is -2.14. The summed E-state index contributed by atoms with van der Waals surface area (Å²) in [4.78, 5) is 18.5. The molecule has 0 unspecified atom stereocenters. The van der Waals surface area contributed by atoms with Gasteiger partial charge in [0.05, 0.1) is 16.8 Å². The lowest BCUT2D eigenvalue weighted by Crippen LogP contribution is -2.30. The molecule has 0 atom stereocenters. The Labute approximate surface area is 154 Å². The van der Waals surface area contributed by atoms with Gasteiger partial charge in [0.15, 0.2) is 0 Å². The molecule has 3 aromatic rings. The van der Waals surface area contributed by atoms with Gasteiger partial charge in [-0.3, -0.25) is 5.32 Å². The third-order valence-electron chi connectivity index (χ3n) is 3.73. The first-order chi connectivity index (χ1) is 12.2. The molecule has 25 heavy (non-hydrogen) atoms. The quantitative estimate of drug-likeness (QED) is 0.615. The molecule has 0 aliphatic rings. The van der Waals surface area contributed by atoms with Gasteiger partial charge in [-0.15, -0.1) is 21.5 Å². The molecule has 0 radical (unpaired) electrons. The molecule has 0 spiro atoms. The van der Waals surface area contributed by atoms with Crippen LogP contribution in [0, 0.1) is 0 Å². The van der Waals surface area contributed by atoms with Gasteiger partial charge < -0.3 is 4.90 Å². The monoisotopic (exact) mass is 375 g/mol. The molecule has 0 saturated heterocycles. The van der Waals surface area contributed by atoms with Crippen LogP contribution in [0.25, 0.3) is 10.2 Å². The van der Waals surface area contributed by atoms with E-state index in [0.29, 0.717) is 11.7 Å². The number of unbranched alkanes of at least 4 members (excludes halogenated alkanes) is 2. The highest BCUT2D eigenvalue weighted by Crippen LogP contribution is 2.23. The van der Waals surface area contributed by atoms with Gasteiger partial charge in [0.1, 0.15) is 10.0 Å². The molecule has 2 aromatic heterocycles. The second kappa shape index (κ2) is 8.35. The first-order valence-electron chi connectivity index (χ1n) is 8.34. The van der Waals surface area contributed by atoms with Crippen molar-refractivity contribution in [3.8, 4) is 0 Å². The van der Waals surface area contributed by atoms with Crippen LogP contribution in [0.4, 0.5) is 9.93 Å². The Kier molecular flexibility index (Phi) is 5.93. The van der Waals surface area contributed by atoms with E-state index in [-0.39, 0.29) is 6.03 Å². The van der Waals surface area contributed by atoms with Gasteiger partial charge >= 0.3 is 6.03 Å². The van der Waals surface area contributed by atoms with E-state index < -0.39 is 0 Å². The normalized spacial score (nSPS) is 11.0. The number of aryl methyl sites for hydroxylation is 1. The van der Waals surface area contributed by atoms with E-state index >= 15 is 0 Å². The number of thiazole rings is 1. The van der Waals surface area contributed by atoms with Crippen LogP contribution >= 0.6 is 22.7 Å². The summed E-state index contributed by atoms with van der Waals surface area (Å²) in [5, 5.41) is 13.4. The number of hydrogen-bond acceptors (Lipinski definition) is 6. The number of rotatable bonds is 7. The van der Waals surface area contributed by atoms with Crippen molar-refractivity contribution in [3.05, 3.63) is 34.3 Å². The second-order valence-electron chi connectivity index (χ2n) is 5.82. The smallest absolute Gasteiger partial charge is 0.321 e. The van der Waals surface area contributed by atoms with Crippen molar-refractivity contribution in [1.82, 2.24) is 20.1 Å². The minimum Gasteiger partial charge on any atom is -0.321 e. The second-order valence-corrected chi connectivity index (χ2v) is 8.00. The van der Waals surface area contributed by atoms with E-state index in [0.717, 1.165) is 33.1 Å². The Bertz CT molecular complexity index is 811. The minimum atomic E-state index is -0.199. The number of aromatic nitrogens is 3. The van der Waals surface area contributed by atoms with E-state index in [2.05, 4.69) is 27.4 Å². The van der Waals surface area contributed by atoms with Crippen LogP contribution in [0.5, 0.6) is 0 Å². The number of fused-ring (bicyclic) bond motifs is 1. The molecule has 6 nitrogen and oxygen atoms in total. The van der Waals surface area contributed by atoms with Crippen molar-refractivity contribution >= 4 is 44.1 Å². The fourth-order valence-corrected chi connectivity index (χ4v) is 4.17. The highest BCUT2D eigenvalue weighted by atomic mass is 32.1. The minimum absolute atomic E-state index is 0.199. The highest BCUT2D eigenvalue weighted by Gasteiger charge is 2.14. The van der Waals surface area contributed by atoms with Crippen molar-refractivity contribution in [2.75, 3.05) is 12.4 Å². The number of nitrogens with zero attached hydrogens (tertiary/aromatic N) is 4. The molecular weight excluding hydrogens is 354 g/mol. The molecule has 0 aliphatic heterocycles. The third kappa shape index (κ3) is 4.73. The number of carbonyl (C=O) groups is 1. The molecule has 0 fully saturated rings. The Morgan fingerprint density at radius 2 is 2.00 bits per heavy atom. The van der Waals surface area contributed by atoms with Gasteiger partial charge in [0.25, 0.3) is 0 Å². The van der Waals surface area contributed by atoms with E-state index in [4.69, 9.17) is 0 Å². The fourth-order valence-electron chi connectivity index (χ4n) is 2.38. The first kappa shape index (κ1) is 17.8. The van der Waals surface area contributed by atoms with Crippen LogP contribution in [-0.4, -0.2) is 33.2 Å². The number of benzene rings is 1. The molecule has 2 amide bonds. The number of hydrogen-bond donors (Lipinski definition) is 1. The van der Waals surface area contributed by atoms with E-state index in [1.807, 2.05) is 24.3 Å². The van der Waals surface area contributed by atoms with Gasteiger partial charge in [-0.25, -0.2) is 9.78 Å². The average Bonchev–Trinajstić information content (AvgIpc) is 3.21. The summed E-state index contributed by atoms with van der Waals surface area (Å²) in [5.74, 6) is 0. The molecule has 3 rings (SSSR count). The zero-order valence-corrected chi connectivity index (χ0v) is 16.0. The van der Waals surface area contributed by atoms with E-state index in [9.17, 15) is 4.79 Å². The fraction of sp³-hybridized carbons (Fsp3) is 0.412. The van der Waals surface area contributed by atoms with Crippen LogP contribution in [0.2, 0.25) is 0 Å². The number of nitrogens with one attached hydrogen (secondary N) is 1. The van der Waals surface area contributed by atoms with Gasteiger partial charge in [-0.1, -0.05) is 43.2 Å². The molecule has 1 N–H and O–H groups in total.